The molecule has 0 saturated heterocycles. The molecule has 102 valence electrons. The van der Waals surface area contributed by atoms with Crippen LogP contribution >= 0.6 is 0 Å². The number of anilines is 2. The van der Waals surface area contributed by atoms with E-state index in [0.717, 1.165) is 28.1 Å². The van der Waals surface area contributed by atoms with Crippen LogP contribution in [0.3, 0.4) is 0 Å². The number of nitrogens with zero attached hydrogens (tertiary/aromatic N) is 1. The maximum atomic E-state index is 6.07. The van der Waals surface area contributed by atoms with Gasteiger partial charge in [-0.3, -0.25) is 0 Å². The summed E-state index contributed by atoms with van der Waals surface area (Å²) in [7, 11) is 1.64. The number of hydrogen-bond acceptors (Lipinski definition) is 5. The Kier molecular flexibility index (Phi) is 3.16. The highest BCUT2D eigenvalue weighted by Gasteiger charge is 2.10. The van der Waals surface area contributed by atoms with E-state index in [9.17, 15) is 0 Å². The molecule has 0 radical (unpaired) electrons. The van der Waals surface area contributed by atoms with Gasteiger partial charge in [0.25, 0.3) is 0 Å². The molecule has 5 heteroatoms. The highest BCUT2D eigenvalue weighted by Crippen LogP contribution is 2.33. The van der Waals surface area contributed by atoms with Crippen LogP contribution < -0.4 is 15.8 Å². The minimum absolute atomic E-state index is 0.551. The molecule has 5 nitrogen and oxygen atoms in total. The van der Waals surface area contributed by atoms with E-state index in [1.54, 1.807) is 19.6 Å². The van der Waals surface area contributed by atoms with E-state index in [2.05, 4.69) is 10.3 Å². The van der Waals surface area contributed by atoms with Gasteiger partial charge in [0.1, 0.15) is 17.3 Å². The molecule has 3 aromatic rings. The van der Waals surface area contributed by atoms with E-state index >= 15 is 0 Å². The number of benzene rings is 1. The summed E-state index contributed by atoms with van der Waals surface area (Å²) in [5, 5.41) is 5.04. The minimum Gasteiger partial charge on any atom is -0.496 e. The largest absolute Gasteiger partial charge is 0.496 e. The van der Waals surface area contributed by atoms with Crippen LogP contribution in [0.4, 0.5) is 11.5 Å². The van der Waals surface area contributed by atoms with Gasteiger partial charge in [-0.15, -0.1) is 0 Å². The van der Waals surface area contributed by atoms with Gasteiger partial charge in [0.05, 0.1) is 25.3 Å². The SMILES string of the molecule is COc1ccc(N)c2c(NCc3ccco3)nccc12. The van der Waals surface area contributed by atoms with Gasteiger partial charge in [-0.25, -0.2) is 4.98 Å². The number of fused-ring (bicyclic) bond motifs is 1. The number of pyridine rings is 1. The molecule has 0 aliphatic carbocycles. The summed E-state index contributed by atoms with van der Waals surface area (Å²) in [6.45, 7) is 0.551. The third-order valence-corrected chi connectivity index (χ3v) is 3.15. The molecule has 20 heavy (non-hydrogen) atoms. The van der Waals surface area contributed by atoms with E-state index < -0.39 is 0 Å². The topological polar surface area (TPSA) is 73.3 Å². The third-order valence-electron chi connectivity index (χ3n) is 3.15. The van der Waals surface area contributed by atoms with Crippen molar-refractivity contribution in [3.63, 3.8) is 0 Å². The van der Waals surface area contributed by atoms with E-state index in [-0.39, 0.29) is 0 Å². The van der Waals surface area contributed by atoms with Crippen molar-refractivity contribution in [2.45, 2.75) is 6.54 Å². The molecule has 0 fully saturated rings. The van der Waals surface area contributed by atoms with Crippen molar-refractivity contribution in [1.82, 2.24) is 4.98 Å². The van der Waals surface area contributed by atoms with Crippen molar-refractivity contribution in [3.05, 3.63) is 48.6 Å². The Morgan fingerprint density at radius 1 is 1.30 bits per heavy atom. The molecule has 2 heterocycles. The maximum absolute atomic E-state index is 6.07. The van der Waals surface area contributed by atoms with Crippen LogP contribution in [0.25, 0.3) is 10.8 Å². The molecule has 3 N–H and O–H groups in total. The van der Waals surface area contributed by atoms with E-state index in [1.165, 1.54) is 0 Å². The Morgan fingerprint density at radius 3 is 2.95 bits per heavy atom. The van der Waals surface area contributed by atoms with Crippen molar-refractivity contribution in [1.29, 1.82) is 0 Å². The first kappa shape index (κ1) is 12.3. The number of nitrogens with two attached hydrogens (primary N) is 1. The Balaban J connectivity index is 2.02. The van der Waals surface area contributed by atoms with Crippen LogP contribution in [-0.2, 0) is 6.54 Å². The molecule has 0 saturated carbocycles. The van der Waals surface area contributed by atoms with Crippen molar-refractivity contribution in [2.24, 2.45) is 0 Å². The van der Waals surface area contributed by atoms with Crippen LogP contribution in [0.1, 0.15) is 5.76 Å². The molecular weight excluding hydrogens is 254 g/mol. The monoisotopic (exact) mass is 269 g/mol. The fourth-order valence-corrected chi connectivity index (χ4v) is 2.19. The van der Waals surface area contributed by atoms with Crippen LogP contribution in [-0.4, -0.2) is 12.1 Å². The maximum Gasteiger partial charge on any atom is 0.136 e. The minimum atomic E-state index is 0.551. The summed E-state index contributed by atoms with van der Waals surface area (Å²) in [6, 6.07) is 9.32. The van der Waals surface area contributed by atoms with Crippen molar-refractivity contribution in [3.8, 4) is 5.75 Å². The molecule has 3 rings (SSSR count). The van der Waals surface area contributed by atoms with Gasteiger partial charge in [0.15, 0.2) is 0 Å². The van der Waals surface area contributed by atoms with Crippen molar-refractivity contribution < 1.29 is 9.15 Å². The van der Waals surface area contributed by atoms with E-state index in [1.807, 2.05) is 30.3 Å². The van der Waals surface area contributed by atoms with Gasteiger partial charge in [-0.05, 0) is 30.3 Å². The van der Waals surface area contributed by atoms with Crippen molar-refractivity contribution >= 4 is 22.3 Å². The zero-order valence-corrected chi connectivity index (χ0v) is 11.1. The van der Waals surface area contributed by atoms with Gasteiger partial charge in [0, 0.05) is 17.3 Å². The molecule has 0 unspecified atom stereocenters. The lowest BCUT2D eigenvalue weighted by molar-refractivity contribution is 0.420. The third kappa shape index (κ3) is 2.14. The molecular formula is C15H15N3O2. The smallest absolute Gasteiger partial charge is 0.136 e. The average molecular weight is 269 g/mol. The Hall–Kier alpha value is -2.69. The standard InChI is InChI=1S/C15H15N3O2/c1-19-13-5-4-12(16)14-11(13)6-7-17-15(14)18-9-10-3-2-8-20-10/h2-8H,9,16H2,1H3,(H,17,18). The molecule has 0 aliphatic rings. The fraction of sp³-hybridized carbons (Fsp3) is 0.133. The fourth-order valence-electron chi connectivity index (χ4n) is 2.19. The van der Waals surface area contributed by atoms with Gasteiger partial charge in [0.2, 0.25) is 0 Å². The number of nitrogens with one attached hydrogen (secondary N) is 1. The molecule has 0 amide bonds. The first-order chi connectivity index (χ1) is 9.79. The molecule has 0 atom stereocenters. The number of furan rings is 1. The predicted molar refractivity (Wildman–Crippen MR) is 78.7 cm³/mol. The van der Waals surface area contributed by atoms with Crippen LogP contribution in [0.5, 0.6) is 5.75 Å². The number of aromatic nitrogens is 1. The number of ether oxygens (including phenoxy) is 1. The summed E-state index contributed by atoms with van der Waals surface area (Å²) >= 11 is 0. The lowest BCUT2D eigenvalue weighted by Crippen LogP contribution is -2.03. The van der Waals surface area contributed by atoms with E-state index in [4.69, 9.17) is 14.9 Å². The number of methoxy groups -OCH3 is 1. The van der Waals surface area contributed by atoms with Crippen LogP contribution in [0.2, 0.25) is 0 Å². The molecule has 0 spiro atoms. The lowest BCUT2D eigenvalue weighted by atomic mass is 10.1. The zero-order valence-electron chi connectivity index (χ0n) is 11.1. The predicted octanol–water partition coefficient (Wildman–Crippen LogP) is 3.03. The summed E-state index contributed by atoms with van der Waals surface area (Å²) in [5.74, 6) is 2.33. The van der Waals surface area contributed by atoms with Gasteiger partial charge >= 0.3 is 0 Å². The summed E-state index contributed by atoms with van der Waals surface area (Å²) < 4.78 is 10.7. The van der Waals surface area contributed by atoms with Crippen molar-refractivity contribution in [2.75, 3.05) is 18.2 Å². The van der Waals surface area contributed by atoms with Gasteiger partial charge in [-0.2, -0.15) is 0 Å². The Labute approximate surface area is 116 Å². The molecule has 1 aromatic carbocycles. The van der Waals surface area contributed by atoms with Crippen LogP contribution in [0.15, 0.2) is 47.2 Å². The lowest BCUT2D eigenvalue weighted by Gasteiger charge is -2.12. The number of hydrogen-bond donors (Lipinski definition) is 2. The quantitative estimate of drug-likeness (QED) is 0.712. The van der Waals surface area contributed by atoms with Gasteiger partial charge in [-0.1, -0.05) is 0 Å². The highest BCUT2D eigenvalue weighted by molar-refractivity contribution is 6.03. The van der Waals surface area contributed by atoms with E-state index in [0.29, 0.717) is 12.2 Å². The normalized spacial score (nSPS) is 10.7. The Morgan fingerprint density at radius 2 is 2.20 bits per heavy atom. The summed E-state index contributed by atoms with van der Waals surface area (Å²) in [5.41, 5.74) is 6.73. The summed E-state index contributed by atoms with van der Waals surface area (Å²) in [6.07, 6.45) is 3.37. The van der Waals surface area contributed by atoms with Crippen LogP contribution in [0, 0.1) is 0 Å². The molecule has 0 aliphatic heterocycles. The second-order valence-electron chi connectivity index (χ2n) is 4.37. The molecule has 0 bridgehead atoms. The number of nitrogen functional groups attached to an aromatic ring is 1. The number of rotatable bonds is 4. The second kappa shape index (κ2) is 5.13. The Bertz CT molecular complexity index is 723. The average Bonchev–Trinajstić information content (AvgIpc) is 2.99. The first-order valence-electron chi connectivity index (χ1n) is 6.27. The second-order valence-corrected chi connectivity index (χ2v) is 4.37. The highest BCUT2D eigenvalue weighted by atomic mass is 16.5. The first-order valence-corrected chi connectivity index (χ1v) is 6.27. The zero-order chi connectivity index (χ0) is 13.9. The molecule has 2 aromatic heterocycles. The summed E-state index contributed by atoms with van der Waals surface area (Å²) in [4.78, 5) is 4.35. The van der Waals surface area contributed by atoms with Gasteiger partial charge < -0.3 is 20.2 Å².